The van der Waals surface area contributed by atoms with Crippen molar-refractivity contribution in [2.45, 2.75) is 19.8 Å². The van der Waals surface area contributed by atoms with Crippen molar-refractivity contribution in [3.63, 3.8) is 0 Å². The second-order valence-corrected chi connectivity index (χ2v) is 3.71. The van der Waals surface area contributed by atoms with Gasteiger partial charge in [0.15, 0.2) is 0 Å². The van der Waals surface area contributed by atoms with Gasteiger partial charge >= 0.3 is 5.97 Å². The Morgan fingerprint density at radius 1 is 1.75 bits per heavy atom. The van der Waals surface area contributed by atoms with Crippen molar-refractivity contribution in [3.05, 3.63) is 0 Å². The topological polar surface area (TPSA) is 43.4 Å². The number of carbonyl (C=O) groups is 2. The van der Waals surface area contributed by atoms with Crippen LogP contribution >= 0.6 is 11.8 Å². The summed E-state index contributed by atoms with van der Waals surface area (Å²) in [7, 11) is 0. The molecule has 68 valence electrons. The number of hydrogen-bond acceptors (Lipinski definition) is 4. The average Bonchev–Trinajstić information content (AvgIpc) is 2.05. The van der Waals surface area contributed by atoms with Crippen LogP contribution in [0.5, 0.6) is 0 Å². The number of carbonyl (C=O) groups excluding carboxylic acids is 2. The van der Waals surface area contributed by atoms with Crippen LogP contribution in [0.4, 0.5) is 0 Å². The van der Waals surface area contributed by atoms with Gasteiger partial charge in [-0.2, -0.15) is 0 Å². The molecule has 1 rings (SSSR count). The van der Waals surface area contributed by atoms with Crippen molar-refractivity contribution in [1.82, 2.24) is 0 Å². The SMILES string of the molecule is CCOC(=O)[C@H]1CCCSC1=O. The van der Waals surface area contributed by atoms with Gasteiger partial charge in [-0.1, -0.05) is 11.8 Å². The monoisotopic (exact) mass is 188 g/mol. The zero-order valence-electron chi connectivity index (χ0n) is 7.04. The summed E-state index contributed by atoms with van der Waals surface area (Å²) in [6.07, 6.45) is 1.59. The van der Waals surface area contributed by atoms with Gasteiger partial charge in [-0.05, 0) is 19.8 Å². The van der Waals surface area contributed by atoms with Gasteiger partial charge < -0.3 is 4.74 Å². The molecule has 1 heterocycles. The Hall–Kier alpha value is -0.510. The third kappa shape index (κ3) is 2.24. The molecule has 0 N–H and O–H groups in total. The van der Waals surface area contributed by atoms with Crippen LogP contribution in [0.3, 0.4) is 0 Å². The molecule has 4 heteroatoms. The van der Waals surface area contributed by atoms with Crippen molar-refractivity contribution in [3.8, 4) is 0 Å². The number of rotatable bonds is 2. The minimum absolute atomic E-state index is 0.0281. The first-order chi connectivity index (χ1) is 5.75. The molecule has 1 atom stereocenters. The predicted octanol–water partition coefficient (Wildman–Crippen LogP) is 1.22. The molecule has 0 aliphatic carbocycles. The molecule has 0 amide bonds. The molecule has 0 spiro atoms. The fourth-order valence-corrected chi connectivity index (χ4v) is 2.06. The maximum atomic E-state index is 11.2. The first-order valence-electron chi connectivity index (χ1n) is 4.09. The molecule has 3 nitrogen and oxygen atoms in total. The van der Waals surface area contributed by atoms with E-state index in [4.69, 9.17) is 4.74 Å². The van der Waals surface area contributed by atoms with E-state index < -0.39 is 5.92 Å². The summed E-state index contributed by atoms with van der Waals surface area (Å²) in [6, 6.07) is 0. The standard InChI is InChI=1S/C8H12O3S/c1-2-11-7(9)6-4-3-5-12-8(6)10/h6H,2-5H2,1H3/t6-/m1/s1. The lowest BCUT2D eigenvalue weighted by molar-refractivity contribution is -0.150. The molecule has 0 aromatic carbocycles. The Kier molecular flexibility index (Phi) is 3.59. The normalized spacial score (nSPS) is 23.8. The van der Waals surface area contributed by atoms with E-state index in [1.807, 2.05) is 0 Å². The molecule has 0 saturated carbocycles. The van der Waals surface area contributed by atoms with Crippen molar-refractivity contribution in [1.29, 1.82) is 0 Å². The Bertz CT molecular complexity index is 191. The zero-order valence-corrected chi connectivity index (χ0v) is 7.86. The number of thioether (sulfide) groups is 1. The van der Waals surface area contributed by atoms with E-state index in [0.717, 1.165) is 12.2 Å². The van der Waals surface area contributed by atoms with Crippen LogP contribution in [0.15, 0.2) is 0 Å². The first-order valence-corrected chi connectivity index (χ1v) is 5.07. The molecule has 1 saturated heterocycles. The number of ether oxygens (including phenoxy) is 1. The van der Waals surface area contributed by atoms with Gasteiger partial charge in [-0.3, -0.25) is 9.59 Å². The highest BCUT2D eigenvalue weighted by Gasteiger charge is 2.30. The summed E-state index contributed by atoms with van der Waals surface area (Å²) in [5.41, 5.74) is 0. The van der Waals surface area contributed by atoms with E-state index in [1.54, 1.807) is 6.92 Å². The highest BCUT2D eigenvalue weighted by molar-refractivity contribution is 8.13. The molecule has 1 aliphatic rings. The predicted molar refractivity (Wildman–Crippen MR) is 46.8 cm³/mol. The summed E-state index contributed by atoms with van der Waals surface area (Å²) in [6.45, 7) is 2.10. The van der Waals surface area contributed by atoms with E-state index in [-0.39, 0.29) is 11.1 Å². The quantitative estimate of drug-likeness (QED) is 0.482. The average molecular weight is 188 g/mol. The molecule has 1 fully saturated rings. The van der Waals surface area contributed by atoms with E-state index >= 15 is 0 Å². The van der Waals surface area contributed by atoms with Gasteiger partial charge in [-0.15, -0.1) is 0 Å². The van der Waals surface area contributed by atoms with Crippen molar-refractivity contribution in [2.24, 2.45) is 5.92 Å². The lowest BCUT2D eigenvalue weighted by atomic mass is 10.1. The van der Waals surface area contributed by atoms with Gasteiger partial charge in [0.1, 0.15) is 5.92 Å². The fraction of sp³-hybridized carbons (Fsp3) is 0.750. The summed E-state index contributed by atoms with van der Waals surface area (Å²) in [4.78, 5) is 22.3. The maximum Gasteiger partial charge on any atom is 0.317 e. The summed E-state index contributed by atoms with van der Waals surface area (Å²) in [5.74, 6) is -0.00670. The van der Waals surface area contributed by atoms with Crippen molar-refractivity contribution in [2.75, 3.05) is 12.4 Å². The van der Waals surface area contributed by atoms with Crippen LogP contribution in [-0.2, 0) is 14.3 Å². The van der Waals surface area contributed by atoms with Gasteiger partial charge in [0, 0.05) is 5.75 Å². The van der Waals surface area contributed by atoms with Gasteiger partial charge in [-0.25, -0.2) is 0 Å². The molecular weight excluding hydrogens is 176 g/mol. The Morgan fingerprint density at radius 2 is 2.50 bits per heavy atom. The molecule has 0 aromatic rings. The summed E-state index contributed by atoms with van der Waals surface area (Å²) in [5, 5.41) is -0.0281. The first kappa shape index (κ1) is 9.58. The second kappa shape index (κ2) is 4.50. The highest BCUT2D eigenvalue weighted by Crippen LogP contribution is 2.25. The molecule has 0 aromatic heterocycles. The van der Waals surface area contributed by atoms with Crippen LogP contribution in [-0.4, -0.2) is 23.4 Å². The molecule has 1 aliphatic heterocycles. The van der Waals surface area contributed by atoms with Gasteiger partial charge in [0.2, 0.25) is 5.12 Å². The van der Waals surface area contributed by atoms with Crippen LogP contribution in [0.2, 0.25) is 0 Å². The largest absolute Gasteiger partial charge is 0.465 e. The molecular formula is C8H12O3S. The van der Waals surface area contributed by atoms with Gasteiger partial charge in [0.25, 0.3) is 0 Å². The lowest BCUT2D eigenvalue weighted by Gasteiger charge is -2.17. The van der Waals surface area contributed by atoms with Crippen molar-refractivity contribution < 1.29 is 14.3 Å². The highest BCUT2D eigenvalue weighted by atomic mass is 32.2. The van der Waals surface area contributed by atoms with E-state index in [0.29, 0.717) is 13.0 Å². The fourth-order valence-electron chi connectivity index (χ4n) is 1.14. The minimum Gasteiger partial charge on any atom is -0.465 e. The Balaban J connectivity index is 2.48. The summed E-state index contributed by atoms with van der Waals surface area (Å²) < 4.78 is 4.78. The van der Waals surface area contributed by atoms with E-state index in [9.17, 15) is 9.59 Å². The van der Waals surface area contributed by atoms with E-state index in [2.05, 4.69) is 0 Å². The van der Waals surface area contributed by atoms with Crippen LogP contribution in [0, 0.1) is 5.92 Å². The van der Waals surface area contributed by atoms with Crippen LogP contribution in [0.1, 0.15) is 19.8 Å². The van der Waals surface area contributed by atoms with Crippen molar-refractivity contribution >= 4 is 22.8 Å². The van der Waals surface area contributed by atoms with Gasteiger partial charge in [0.05, 0.1) is 6.61 Å². The third-order valence-electron chi connectivity index (χ3n) is 1.74. The summed E-state index contributed by atoms with van der Waals surface area (Å²) >= 11 is 1.24. The second-order valence-electron chi connectivity index (χ2n) is 2.61. The maximum absolute atomic E-state index is 11.2. The Morgan fingerprint density at radius 3 is 3.08 bits per heavy atom. The third-order valence-corrected chi connectivity index (χ3v) is 2.80. The molecule has 12 heavy (non-hydrogen) atoms. The molecule has 0 unspecified atom stereocenters. The van der Waals surface area contributed by atoms with E-state index in [1.165, 1.54) is 11.8 Å². The van der Waals surface area contributed by atoms with Crippen LogP contribution < -0.4 is 0 Å². The molecule has 0 radical (unpaired) electrons. The minimum atomic E-state index is -0.497. The smallest absolute Gasteiger partial charge is 0.317 e. The lowest BCUT2D eigenvalue weighted by Crippen LogP contribution is -2.27. The number of hydrogen-bond donors (Lipinski definition) is 0. The zero-order chi connectivity index (χ0) is 8.97. The number of esters is 1. The molecule has 0 bridgehead atoms. The Labute approximate surface area is 75.8 Å². The van der Waals surface area contributed by atoms with Crippen LogP contribution in [0.25, 0.3) is 0 Å².